The van der Waals surface area contributed by atoms with Crippen LogP contribution in [-0.4, -0.2) is 11.0 Å². The number of terminal acetylenes is 1. The summed E-state index contributed by atoms with van der Waals surface area (Å²) < 4.78 is 13.5. The van der Waals surface area contributed by atoms with E-state index in [1.165, 1.54) is 0 Å². The summed E-state index contributed by atoms with van der Waals surface area (Å²) in [7, 11) is 0. The molecule has 6 heteroatoms. The van der Waals surface area contributed by atoms with E-state index in [-0.39, 0.29) is 21.9 Å². The maximum absolute atomic E-state index is 13.4. The molecule has 0 aliphatic carbocycles. The van der Waals surface area contributed by atoms with E-state index in [4.69, 9.17) is 6.42 Å². The summed E-state index contributed by atoms with van der Waals surface area (Å²) in [4.78, 5) is 10.3. The van der Waals surface area contributed by atoms with Gasteiger partial charge in [0, 0.05) is 24.6 Å². The van der Waals surface area contributed by atoms with Gasteiger partial charge in [-0.2, -0.15) is 0 Å². The first kappa shape index (κ1) is 14.5. The van der Waals surface area contributed by atoms with Crippen LogP contribution in [-0.2, 0) is 0 Å². The van der Waals surface area contributed by atoms with Crippen molar-refractivity contribution in [3.63, 3.8) is 0 Å². The maximum atomic E-state index is 13.4. The zero-order chi connectivity index (χ0) is 13.7. The summed E-state index contributed by atoms with van der Waals surface area (Å²) >= 11 is 2.92. The molecule has 0 heterocycles. The van der Waals surface area contributed by atoms with Crippen molar-refractivity contribution in [2.75, 3.05) is 5.32 Å². The second kappa shape index (κ2) is 6.36. The predicted octanol–water partition coefficient (Wildman–Crippen LogP) is 3.71. The van der Waals surface area contributed by atoms with E-state index < -0.39 is 10.7 Å². The topological polar surface area (TPSA) is 55.2 Å². The van der Waals surface area contributed by atoms with Crippen molar-refractivity contribution in [3.05, 3.63) is 32.5 Å². The van der Waals surface area contributed by atoms with Gasteiger partial charge in [-0.15, -0.1) is 12.3 Å². The highest BCUT2D eigenvalue weighted by Crippen LogP contribution is 2.31. The third kappa shape index (κ3) is 3.44. The van der Waals surface area contributed by atoms with Crippen molar-refractivity contribution in [1.82, 2.24) is 0 Å². The number of nitro groups is 1. The van der Waals surface area contributed by atoms with Gasteiger partial charge >= 0.3 is 0 Å². The molecule has 1 aromatic rings. The van der Waals surface area contributed by atoms with Crippen LogP contribution in [0.1, 0.15) is 19.8 Å². The van der Waals surface area contributed by atoms with Gasteiger partial charge in [-0.3, -0.25) is 10.1 Å². The smallest absolute Gasteiger partial charge is 0.293 e. The molecular weight excluding hydrogens is 303 g/mol. The number of hydrogen-bond acceptors (Lipinski definition) is 3. The summed E-state index contributed by atoms with van der Waals surface area (Å²) in [6, 6.07) is 2.12. The van der Waals surface area contributed by atoms with Gasteiger partial charge in [0.2, 0.25) is 0 Å². The molecule has 0 radical (unpaired) electrons. The Morgan fingerprint density at radius 2 is 2.33 bits per heavy atom. The SMILES string of the molecule is C#CCC(CC)Nc1cc(F)c(Br)cc1[N+](=O)[O-]. The van der Waals surface area contributed by atoms with Crippen molar-refractivity contribution in [2.24, 2.45) is 0 Å². The number of benzene rings is 1. The van der Waals surface area contributed by atoms with E-state index in [1.54, 1.807) is 0 Å². The monoisotopic (exact) mass is 314 g/mol. The van der Waals surface area contributed by atoms with E-state index in [2.05, 4.69) is 27.2 Å². The lowest BCUT2D eigenvalue weighted by Gasteiger charge is -2.16. The average Bonchev–Trinajstić information content (AvgIpc) is 2.32. The van der Waals surface area contributed by atoms with E-state index in [9.17, 15) is 14.5 Å². The highest BCUT2D eigenvalue weighted by atomic mass is 79.9. The third-order valence-corrected chi connectivity index (χ3v) is 3.06. The van der Waals surface area contributed by atoms with Gasteiger partial charge in [-0.05, 0) is 22.4 Å². The summed E-state index contributed by atoms with van der Waals surface area (Å²) in [5, 5.41) is 13.8. The highest BCUT2D eigenvalue weighted by Gasteiger charge is 2.19. The molecule has 0 saturated carbocycles. The molecule has 1 N–H and O–H groups in total. The molecule has 1 atom stereocenters. The lowest BCUT2D eigenvalue weighted by molar-refractivity contribution is -0.384. The molecule has 96 valence electrons. The largest absolute Gasteiger partial charge is 0.376 e. The van der Waals surface area contributed by atoms with Crippen LogP contribution in [0.3, 0.4) is 0 Å². The normalized spacial score (nSPS) is 11.7. The Balaban J connectivity index is 3.10. The molecule has 0 spiro atoms. The maximum Gasteiger partial charge on any atom is 0.293 e. The Labute approximate surface area is 113 Å². The van der Waals surface area contributed by atoms with Crippen molar-refractivity contribution >= 4 is 27.3 Å². The minimum absolute atomic E-state index is 0.0600. The van der Waals surface area contributed by atoms with Crippen molar-refractivity contribution in [3.8, 4) is 12.3 Å². The summed E-state index contributed by atoms with van der Waals surface area (Å²) in [5.74, 6) is 1.92. The fourth-order valence-electron chi connectivity index (χ4n) is 1.46. The third-order valence-electron chi connectivity index (χ3n) is 2.45. The Kier molecular flexibility index (Phi) is 5.10. The van der Waals surface area contributed by atoms with Crippen LogP contribution in [0.15, 0.2) is 16.6 Å². The molecule has 0 aromatic heterocycles. The zero-order valence-corrected chi connectivity index (χ0v) is 11.3. The number of hydrogen-bond donors (Lipinski definition) is 1. The van der Waals surface area contributed by atoms with Crippen molar-refractivity contribution in [1.29, 1.82) is 0 Å². The van der Waals surface area contributed by atoms with Gasteiger partial charge in [0.15, 0.2) is 0 Å². The number of anilines is 1. The second-order valence-corrected chi connectivity index (χ2v) is 4.55. The first-order chi connectivity index (χ1) is 8.49. The first-order valence-corrected chi connectivity index (χ1v) is 6.12. The molecule has 0 aliphatic rings. The quantitative estimate of drug-likeness (QED) is 0.512. The standard InChI is InChI=1S/C12H12BrFN2O2/c1-3-5-8(4-2)15-11-7-10(14)9(13)6-12(11)16(17)18/h1,6-8,15H,4-5H2,2H3. The number of rotatable bonds is 5. The Morgan fingerprint density at radius 1 is 1.67 bits per heavy atom. The number of halogens is 2. The minimum Gasteiger partial charge on any atom is -0.376 e. The molecule has 0 saturated heterocycles. The number of nitrogens with one attached hydrogen (secondary N) is 1. The van der Waals surface area contributed by atoms with E-state index in [0.29, 0.717) is 12.8 Å². The lowest BCUT2D eigenvalue weighted by Crippen LogP contribution is -2.18. The van der Waals surface area contributed by atoms with Crippen LogP contribution < -0.4 is 5.32 Å². The van der Waals surface area contributed by atoms with Crippen LogP contribution in [0.5, 0.6) is 0 Å². The fraction of sp³-hybridized carbons (Fsp3) is 0.333. The van der Waals surface area contributed by atoms with E-state index in [1.807, 2.05) is 6.92 Å². The summed E-state index contributed by atoms with van der Waals surface area (Å²) in [6.07, 6.45) is 6.32. The van der Waals surface area contributed by atoms with Crippen molar-refractivity contribution < 1.29 is 9.31 Å². The molecule has 0 aliphatic heterocycles. The minimum atomic E-state index is -0.560. The molecular formula is C12H12BrFN2O2. The molecule has 1 aromatic carbocycles. The Bertz CT molecular complexity index is 500. The van der Waals surface area contributed by atoms with Crippen LogP contribution in [0.4, 0.5) is 15.8 Å². The van der Waals surface area contributed by atoms with Gasteiger partial charge in [-0.1, -0.05) is 6.92 Å². The second-order valence-electron chi connectivity index (χ2n) is 3.70. The average molecular weight is 315 g/mol. The Hall–Kier alpha value is -1.61. The summed E-state index contributed by atoms with van der Waals surface area (Å²) in [6.45, 7) is 1.90. The summed E-state index contributed by atoms with van der Waals surface area (Å²) in [5.41, 5.74) is -0.0402. The first-order valence-electron chi connectivity index (χ1n) is 5.33. The van der Waals surface area contributed by atoms with Crippen LogP contribution in [0.25, 0.3) is 0 Å². The van der Waals surface area contributed by atoms with Gasteiger partial charge < -0.3 is 5.32 Å². The molecule has 4 nitrogen and oxygen atoms in total. The molecule has 0 fully saturated rings. The van der Waals surface area contributed by atoms with Crippen molar-refractivity contribution in [2.45, 2.75) is 25.8 Å². The number of nitro benzene ring substituents is 1. The van der Waals surface area contributed by atoms with Gasteiger partial charge in [0.05, 0.1) is 9.40 Å². The van der Waals surface area contributed by atoms with Gasteiger partial charge in [0.25, 0.3) is 5.69 Å². The van der Waals surface area contributed by atoms with Crippen LogP contribution in [0, 0.1) is 28.3 Å². The Morgan fingerprint density at radius 3 is 2.83 bits per heavy atom. The van der Waals surface area contributed by atoms with Crippen LogP contribution >= 0.6 is 15.9 Å². The number of nitrogens with zero attached hydrogens (tertiary/aromatic N) is 1. The zero-order valence-electron chi connectivity index (χ0n) is 9.74. The van der Waals surface area contributed by atoms with Gasteiger partial charge in [-0.25, -0.2) is 4.39 Å². The molecule has 18 heavy (non-hydrogen) atoms. The predicted molar refractivity (Wildman–Crippen MR) is 71.9 cm³/mol. The van der Waals surface area contributed by atoms with Crippen LogP contribution in [0.2, 0.25) is 0 Å². The fourth-order valence-corrected chi connectivity index (χ4v) is 1.79. The van der Waals surface area contributed by atoms with Gasteiger partial charge in [0.1, 0.15) is 11.5 Å². The van der Waals surface area contributed by atoms with E-state index >= 15 is 0 Å². The highest BCUT2D eigenvalue weighted by molar-refractivity contribution is 9.10. The molecule has 1 unspecified atom stereocenters. The molecule has 0 amide bonds. The lowest BCUT2D eigenvalue weighted by atomic mass is 10.1. The molecule has 1 rings (SSSR count). The van der Waals surface area contributed by atoms with E-state index in [0.717, 1.165) is 12.1 Å². The molecule has 0 bridgehead atoms.